The molecule has 0 saturated carbocycles. The Bertz CT molecular complexity index is 678. The van der Waals surface area contributed by atoms with Crippen molar-refractivity contribution in [1.29, 1.82) is 0 Å². The van der Waals surface area contributed by atoms with Crippen LogP contribution in [0.2, 0.25) is 0 Å². The number of benzene rings is 2. The maximum absolute atomic E-state index is 13.0. The van der Waals surface area contributed by atoms with Gasteiger partial charge in [0.1, 0.15) is 5.75 Å². The fraction of sp³-hybridized carbons (Fsp3) is 0.143. The van der Waals surface area contributed by atoms with Gasteiger partial charge in [-0.15, -0.1) is 13.2 Å². The van der Waals surface area contributed by atoms with Gasteiger partial charge in [-0.3, -0.25) is 0 Å². The molecule has 0 aliphatic rings. The lowest BCUT2D eigenvalue weighted by Gasteiger charge is -2.15. The lowest BCUT2D eigenvalue weighted by molar-refractivity contribution is -0.274. The Balaban J connectivity index is 2.55. The summed E-state index contributed by atoms with van der Waals surface area (Å²) in [6.07, 6.45) is -9.61. The fourth-order valence-electron chi connectivity index (χ4n) is 1.95. The maximum atomic E-state index is 13.0. The number of hydrogen-bond acceptors (Lipinski definition) is 2. The monoisotopic (exact) mass is 321 g/mol. The van der Waals surface area contributed by atoms with Crippen LogP contribution in [-0.2, 0) is 6.18 Å². The molecule has 0 aromatic heterocycles. The van der Waals surface area contributed by atoms with Crippen molar-refractivity contribution < 1.29 is 31.1 Å². The smallest absolute Gasteiger partial charge is 0.406 e. The van der Waals surface area contributed by atoms with E-state index in [0.29, 0.717) is 0 Å². The molecule has 118 valence electrons. The van der Waals surface area contributed by atoms with E-state index in [2.05, 4.69) is 4.74 Å². The highest BCUT2D eigenvalue weighted by atomic mass is 19.4. The van der Waals surface area contributed by atoms with Crippen molar-refractivity contribution in [3.8, 4) is 16.9 Å². The standard InChI is InChI=1S/C14H9F6NO/c15-13(16,17)12-4-2-1-3-11(12)8-5-9(21)7-10(6-8)22-14(18,19)20/h1-7H,21H2. The van der Waals surface area contributed by atoms with Gasteiger partial charge in [0.2, 0.25) is 0 Å². The summed E-state index contributed by atoms with van der Waals surface area (Å²) in [5.74, 6) is -0.681. The number of halogens is 6. The Morgan fingerprint density at radius 2 is 1.50 bits per heavy atom. The topological polar surface area (TPSA) is 35.2 Å². The van der Waals surface area contributed by atoms with E-state index in [1.54, 1.807) is 0 Å². The highest BCUT2D eigenvalue weighted by Gasteiger charge is 2.34. The molecular weight excluding hydrogens is 312 g/mol. The third-order valence-electron chi connectivity index (χ3n) is 2.71. The number of ether oxygens (including phenoxy) is 1. The first-order valence-corrected chi connectivity index (χ1v) is 5.89. The molecule has 0 atom stereocenters. The summed E-state index contributed by atoms with van der Waals surface area (Å²) in [5, 5.41) is 0. The predicted molar refractivity (Wildman–Crippen MR) is 68.0 cm³/mol. The molecule has 0 heterocycles. The van der Waals surface area contributed by atoms with Gasteiger partial charge in [0.25, 0.3) is 0 Å². The molecule has 2 aromatic carbocycles. The van der Waals surface area contributed by atoms with Gasteiger partial charge in [-0.1, -0.05) is 18.2 Å². The third-order valence-corrected chi connectivity index (χ3v) is 2.71. The van der Waals surface area contributed by atoms with Gasteiger partial charge in [0, 0.05) is 11.8 Å². The minimum atomic E-state index is -4.96. The van der Waals surface area contributed by atoms with Crippen LogP contribution in [0.5, 0.6) is 5.75 Å². The average molecular weight is 321 g/mol. The molecular formula is C14H9F6NO. The van der Waals surface area contributed by atoms with Crippen LogP contribution in [0.3, 0.4) is 0 Å². The van der Waals surface area contributed by atoms with E-state index in [4.69, 9.17) is 5.73 Å². The summed E-state index contributed by atoms with van der Waals surface area (Å²) < 4.78 is 79.3. The van der Waals surface area contributed by atoms with Crippen LogP contribution in [0, 0.1) is 0 Å². The van der Waals surface area contributed by atoms with Gasteiger partial charge in [0.05, 0.1) is 5.56 Å². The van der Waals surface area contributed by atoms with Gasteiger partial charge >= 0.3 is 12.5 Å². The Morgan fingerprint density at radius 1 is 0.864 bits per heavy atom. The van der Waals surface area contributed by atoms with Crippen molar-refractivity contribution in [3.05, 3.63) is 48.0 Å². The van der Waals surface area contributed by atoms with E-state index in [1.807, 2.05) is 0 Å². The number of nitrogen functional groups attached to an aromatic ring is 1. The van der Waals surface area contributed by atoms with E-state index in [1.165, 1.54) is 12.1 Å². The number of alkyl halides is 6. The van der Waals surface area contributed by atoms with E-state index < -0.39 is 23.9 Å². The quantitative estimate of drug-likeness (QED) is 0.634. The van der Waals surface area contributed by atoms with Crippen LogP contribution < -0.4 is 10.5 Å². The van der Waals surface area contributed by atoms with Crippen LogP contribution in [-0.4, -0.2) is 6.36 Å². The Kier molecular flexibility index (Phi) is 3.95. The summed E-state index contributed by atoms with van der Waals surface area (Å²) in [7, 11) is 0. The maximum Gasteiger partial charge on any atom is 0.573 e. The van der Waals surface area contributed by atoms with E-state index in [9.17, 15) is 26.3 Å². The predicted octanol–water partition coefficient (Wildman–Crippen LogP) is 4.85. The van der Waals surface area contributed by atoms with Crippen LogP contribution >= 0.6 is 0 Å². The zero-order chi connectivity index (χ0) is 16.5. The first-order chi connectivity index (χ1) is 10.1. The summed E-state index contributed by atoms with van der Waals surface area (Å²) in [6.45, 7) is 0. The Labute approximate surface area is 121 Å². The number of anilines is 1. The second-order valence-electron chi connectivity index (χ2n) is 4.38. The van der Waals surface area contributed by atoms with Gasteiger partial charge in [0.15, 0.2) is 0 Å². The Hall–Kier alpha value is -2.38. The van der Waals surface area contributed by atoms with E-state index >= 15 is 0 Å². The molecule has 0 radical (unpaired) electrons. The van der Waals surface area contributed by atoms with Crippen molar-refractivity contribution >= 4 is 5.69 Å². The lowest BCUT2D eigenvalue weighted by Crippen LogP contribution is -2.17. The number of rotatable bonds is 2. The molecule has 8 heteroatoms. The molecule has 0 bridgehead atoms. The zero-order valence-corrected chi connectivity index (χ0v) is 10.8. The Morgan fingerprint density at radius 3 is 2.09 bits per heavy atom. The van der Waals surface area contributed by atoms with Crippen LogP contribution in [0.4, 0.5) is 32.0 Å². The first-order valence-electron chi connectivity index (χ1n) is 5.89. The van der Waals surface area contributed by atoms with Gasteiger partial charge in [-0.2, -0.15) is 13.2 Å². The van der Waals surface area contributed by atoms with Crippen molar-refractivity contribution in [2.45, 2.75) is 12.5 Å². The lowest BCUT2D eigenvalue weighted by atomic mass is 9.98. The van der Waals surface area contributed by atoms with Crippen LogP contribution in [0.25, 0.3) is 11.1 Å². The summed E-state index contributed by atoms with van der Waals surface area (Å²) in [6, 6.07) is 7.40. The highest BCUT2D eigenvalue weighted by Crippen LogP contribution is 2.39. The normalized spacial score (nSPS) is 12.3. The second kappa shape index (κ2) is 5.43. The molecule has 22 heavy (non-hydrogen) atoms. The third kappa shape index (κ3) is 3.84. The SMILES string of the molecule is Nc1cc(OC(F)(F)F)cc(-c2ccccc2C(F)(F)F)c1. The molecule has 0 amide bonds. The van der Waals surface area contributed by atoms with Gasteiger partial charge in [-0.25, -0.2) is 0 Å². The fourth-order valence-corrected chi connectivity index (χ4v) is 1.95. The highest BCUT2D eigenvalue weighted by molar-refractivity contribution is 5.73. The minimum Gasteiger partial charge on any atom is -0.406 e. The van der Waals surface area contributed by atoms with Crippen molar-refractivity contribution in [3.63, 3.8) is 0 Å². The molecule has 0 saturated heterocycles. The summed E-state index contributed by atoms with van der Waals surface area (Å²) >= 11 is 0. The molecule has 0 aliphatic carbocycles. The number of hydrogen-bond donors (Lipinski definition) is 1. The number of nitrogens with two attached hydrogens (primary N) is 1. The van der Waals surface area contributed by atoms with Gasteiger partial charge in [-0.05, 0) is 29.3 Å². The molecule has 2 N–H and O–H groups in total. The molecule has 0 spiro atoms. The molecule has 0 aliphatic heterocycles. The summed E-state index contributed by atoms with van der Waals surface area (Å²) in [5.41, 5.74) is 3.93. The molecule has 2 aromatic rings. The molecule has 0 unspecified atom stereocenters. The zero-order valence-electron chi connectivity index (χ0n) is 10.8. The minimum absolute atomic E-state index is 0.118. The van der Waals surface area contributed by atoms with Crippen LogP contribution in [0.15, 0.2) is 42.5 Å². The van der Waals surface area contributed by atoms with Gasteiger partial charge < -0.3 is 10.5 Å². The molecule has 2 nitrogen and oxygen atoms in total. The second-order valence-corrected chi connectivity index (χ2v) is 4.38. The molecule has 0 fully saturated rings. The van der Waals surface area contributed by atoms with E-state index in [-0.39, 0.29) is 16.8 Å². The van der Waals surface area contributed by atoms with Crippen molar-refractivity contribution in [2.75, 3.05) is 5.73 Å². The van der Waals surface area contributed by atoms with Crippen molar-refractivity contribution in [2.24, 2.45) is 0 Å². The summed E-state index contributed by atoms with van der Waals surface area (Å²) in [4.78, 5) is 0. The average Bonchev–Trinajstić information content (AvgIpc) is 2.35. The van der Waals surface area contributed by atoms with E-state index in [0.717, 1.165) is 30.3 Å². The van der Waals surface area contributed by atoms with Crippen LogP contribution in [0.1, 0.15) is 5.56 Å². The largest absolute Gasteiger partial charge is 0.573 e. The molecule has 2 rings (SSSR count). The first kappa shape index (κ1) is 16.0. The van der Waals surface area contributed by atoms with Crippen molar-refractivity contribution in [1.82, 2.24) is 0 Å².